The number of halogens is 1. The minimum Gasteiger partial charge on any atom is -0.387 e. The Morgan fingerprint density at radius 1 is 1.60 bits per heavy atom. The van der Waals surface area contributed by atoms with Crippen LogP contribution in [0.1, 0.15) is 31.6 Å². The minimum absolute atomic E-state index is 0.542. The van der Waals surface area contributed by atoms with E-state index in [1.165, 1.54) is 0 Å². The highest BCUT2D eigenvalue weighted by molar-refractivity contribution is 9.10. The van der Waals surface area contributed by atoms with Gasteiger partial charge in [0, 0.05) is 20.3 Å². The highest BCUT2D eigenvalue weighted by Gasteiger charge is 2.16. The molecule has 5 nitrogen and oxygen atoms in total. The van der Waals surface area contributed by atoms with Gasteiger partial charge < -0.3 is 9.84 Å². The fraction of sp³-hybridized carbons (Fsp3) is 0.778. The summed E-state index contributed by atoms with van der Waals surface area (Å²) in [6, 6.07) is 0. The van der Waals surface area contributed by atoms with Gasteiger partial charge >= 0.3 is 0 Å². The monoisotopic (exact) mass is 277 g/mol. The van der Waals surface area contributed by atoms with Crippen LogP contribution in [0.5, 0.6) is 0 Å². The van der Waals surface area contributed by atoms with Gasteiger partial charge in [0.05, 0.1) is 6.10 Å². The molecule has 0 aromatic carbocycles. The number of aromatic nitrogens is 3. The fourth-order valence-electron chi connectivity index (χ4n) is 1.35. The van der Waals surface area contributed by atoms with Crippen molar-refractivity contribution in [2.75, 3.05) is 13.2 Å². The normalized spacial score (nSPS) is 13.1. The Balaban J connectivity index is 2.43. The first kappa shape index (κ1) is 12.6. The summed E-state index contributed by atoms with van der Waals surface area (Å²) in [4.78, 5) is 0. The summed E-state index contributed by atoms with van der Waals surface area (Å²) < 4.78 is 7.39. The SMILES string of the molecule is CCOCCCC(O)c1c(Br)nnn1C. The Labute approximate surface area is 97.6 Å². The molecule has 1 unspecified atom stereocenters. The average Bonchev–Trinajstić information content (AvgIpc) is 2.53. The Bertz CT molecular complexity index is 284. The first-order valence-corrected chi connectivity index (χ1v) is 5.77. The van der Waals surface area contributed by atoms with E-state index in [4.69, 9.17) is 4.74 Å². The third-order valence-corrected chi connectivity index (χ3v) is 2.68. The smallest absolute Gasteiger partial charge is 0.154 e. The van der Waals surface area contributed by atoms with E-state index in [2.05, 4.69) is 26.2 Å². The Hall–Kier alpha value is -0.460. The average molecular weight is 278 g/mol. The molecule has 1 rings (SSSR count). The van der Waals surface area contributed by atoms with Crippen molar-refractivity contribution >= 4 is 15.9 Å². The largest absolute Gasteiger partial charge is 0.387 e. The summed E-state index contributed by atoms with van der Waals surface area (Å²) in [5.41, 5.74) is 0.714. The lowest BCUT2D eigenvalue weighted by atomic mass is 10.1. The van der Waals surface area contributed by atoms with Crippen molar-refractivity contribution in [1.29, 1.82) is 0 Å². The maximum absolute atomic E-state index is 9.88. The lowest BCUT2D eigenvalue weighted by Crippen LogP contribution is -2.07. The molecule has 0 aliphatic heterocycles. The highest BCUT2D eigenvalue weighted by Crippen LogP contribution is 2.23. The molecule has 15 heavy (non-hydrogen) atoms. The van der Waals surface area contributed by atoms with Gasteiger partial charge in [0.1, 0.15) is 5.69 Å². The molecule has 0 bridgehead atoms. The lowest BCUT2D eigenvalue weighted by Gasteiger charge is -2.10. The van der Waals surface area contributed by atoms with Crippen LogP contribution >= 0.6 is 15.9 Å². The standard InChI is InChI=1S/C9H16BrN3O2/c1-3-15-6-4-5-7(14)8-9(10)11-12-13(8)2/h7,14H,3-6H2,1-2H3. The van der Waals surface area contributed by atoms with E-state index < -0.39 is 6.10 Å². The van der Waals surface area contributed by atoms with E-state index in [0.717, 1.165) is 6.42 Å². The molecule has 0 aliphatic carbocycles. The Morgan fingerprint density at radius 2 is 2.33 bits per heavy atom. The number of rotatable bonds is 6. The maximum Gasteiger partial charge on any atom is 0.154 e. The number of ether oxygens (including phenoxy) is 1. The molecule has 1 atom stereocenters. The first-order valence-electron chi connectivity index (χ1n) is 4.97. The molecule has 0 aliphatic rings. The van der Waals surface area contributed by atoms with Gasteiger partial charge in [0.2, 0.25) is 0 Å². The van der Waals surface area contributed by atoms with E-state index in [1.54, 1.807) is 11.7 Å². The van der Waals surface area contributed by atoms with Crippen LogP contribution in [0.15, 0.2) is 4.60 Å². The predicted octanol–water partition coefficient (Wildman–Crippen LogP) is 1.43. The first-order chi connectivity index (χ1) is 7.16. The molecule has 86 valence electrons. The van der Waals surface area contributed by atoms with Crippen molar-refractivity contribution in [3.8, 4) is 0 Å². The zero-order valence-electron chi connectivity index (χ0n) is 8.98. The third-order valence-electron chi connectivity index (χ3n) is 2.11. The topological polar surface area (TPSA) is 60.2 Å². The summed E-state index contributed by atoms with van der Waals surface area (Å²) in [5, 5.41) is 17.5. The zero-order valence-corrected chi connectivity index (χ0v) is 10.6. The maximum atomic E-state index is 9.88. The van der Waals surface area contributed by atoms with Crippen LogP contribution in [-0.4, -0.2) is 33.3 Å². The number of hydrogen-bond acceptors (Lipinski definition) is 4. The van der Waals surface area contributed by atoms with Crippen LogP contribution in [0.25, 0.3) is 0 Å². The molecule has 1 aromatic heterocycles. The number of aryl methyl sites for hydroxylation is 1. The second-order valence-corrected chi connectivity index (χ2v) is 4.00. The van der Waals surface area contributed by atoms with E-state index >= 15 is 0 Å². The summed E-state index contributed by atoms with van der Waals surface area (Å²) >= 11 is 3.25. The van der Waals surface area contributed by atoms with Crippen LogP contribution in [-0.2, 0) is 11.8 Å². The third kappa shape index (κ3) is 3.55. The van der Waals surface area contributed by atoms with E-state index in [0.29, 0.717) is 29.9 Å². The van der Waals surface area contributed by atoms with Gasteiger partial charge in [-0.2, -0.15) is 0 Å². The van der Waals surface area contributed by atoms with Crippen molar-refractivity contribution in [2.45, 2.75) is 25.9 Å². The van der Waals surface area contributed by atoms with Gasteiger partial charge in [-0.1, -0.05) is 5.21 Å². The molecule has 1 aromatic rings. The van der Waals surface area contributed by atoms with Crippen molar-refractivity contribution in [3.63, 3.8) is 0 Å². The van der Waals surface area contributed by atoms with Crippen molar-refractivity contribution < 1.29 is 9.84 Å². The predicted molar refractivity (Wildman–Crippen MR) is 59.4 cm³/mol. The van der Waals surface area contributed by atoms with Crippen LogP contribution in [0.2, 0.25) is 0 Å². The molecular weight excluding hydrogens is 262 g/mol. The van der Waals surface area contributed by atoms with E-state index in [-0.39, 0.29) is 0 Å². The van der Waals surface area contributed by atoms with Crippen molar-refractivity contribution in [3.05, 3.63) is 10.3 Å². The summed E-state index contributed by atoms with van der Waals surface area (Å²) in [6.45, 7) is 3.35. The molecule has 0 radical (unpaired) electrons. The van der Waals surface area contributed by atoms with Crippen LogP contribution in [0, 0.1) is 0 Å². The number of aliphatic hydroxyl groups excluding tert-OH is 1. The Morgan fingerprint density at radius 3 is 2.87 bits per heavy atom. The lowest BCUT2D eigenvalue weighted by molar-refractivity contribution is 0.111. The zero-order chi connectivity index (χ0) is 11.3. The second-order valence-electron chi connectivity index (χ2n) is 3.24. The molecule has 0 spiro atoms. The number of aliphatic hydroxyl groups is 1. The Kier molecular flexibility index (Phi) is 5.21. The molecule has 0 saturated carbocycles. The van der Waals surface area contributed by atoms with Crippen LogP contribution in [0.3, 0.4) is 0 Å². The quantitative estimate of drug-likeness (QED) is 0.800. The summed E-state index contributed by atoms with van der Waals surface area (Å²) in [5.74, 6) is 0. The molecule has 1 heterocycles. The molecule has 1 N–H and O–H groups in total. The van der Waals surface area contributed by atoms with Crippen molar-refractivity contribution in [2.24, 2.45) is 7.05 Å². The minimum atomic E-state index is -0.542. The van der Waals surface area contributed by atoms with Crippen molar-refractivity contribution in [1.82, 2.24) is 15.0 Å². The molecule has 0 saturated heterocycles. The van der Waals surface area contributed by atoms with Gasteiger partial charge in [0.15, 0.2) is 4.60 Å². The molecule has 6 heteroatoms. The van der Waals surface area contributed by atoms with Gasteiger partial charge in [-0.25, -0.2) is 4.68 Å². The summed E-state index contributed by atoms with van der Waals surface area (Å²) in [6.07, 6.45) is 0.937. The van der Waals surface area contributed by atoms with Gasteiger partial charge in [-0.3, -0.25) is 0 Å². The number of nitrogens with zero attached hydrogens (tertiary/aromatic N) is 3. The fourth-order valence-corrected chi connectivity index (χ4v) is 1.94. The highest BCUT2D eigenvalue weighted by atomic mass is 79.9. The van der Waals surface area contributed by atoms with E-state index in [1.807, 2.05) is 6.92 Å². The van der Waals surface area contributed by atoms with Gasteiger partial charge in [-0.05, 0) is 35.7 Å². The molecular formula is C9H16BrN3O2. The number of hydrogen-bond donors (Lipinski definition) is 1. The second kappa shape index (κ2) is 6.19. The van der Waals surface area contributed by atoms with Gasteiger partial charge in [0.25, 0.3) is 0 Å². The molecule has 0 fully saturated rings. The van der Waals surface area contributed by atoms with Gasteiger partial charge in [-0.15, -0.1) is 5.10 Å². The van der Waals surface area contributed by atoms with Crippen LogP contribution < -0.4 is 0 Å². The van der Waals surface area contributed by atoms with E-state index in [9.17, 15) is 5.11 Å². The van der Waals surface area contributed by atoms with Crippen LogP contribution in [0.4, 0.5) is 0 Å². The molecule has 0 amide bonds. The summed E-state index contributed by atoms with van der Waals surface area (Å²) in [7, 11) is 1.76.